The Hall–Kier alpha value is -2.25. The number of carboxylic acid groups (broad SMARTS) is 1. The summed E-state index contributed by atoms with van der Waals surface area (Å²) in [5.41, 5.74) is 0.393. The summed E-state index contributed by atoms with van der Waals surface area (Å²) in [6.07, 6.45) is 2.96. The maximum absolute atomic E-state index is 12.5. The van der Waals surface area contributed by atoms with Crippen LogP contribution in [-0.2, 0) is 0 Å². The minimum atomic E-state index is -0.925. The Kier molecular flexibility index (Phi) is 5.15. The summed E-state index contributed by atoms with van der Waals surface area (Å²) >= 11 is 12.0. The molecule has 1 aliphatic rings. The molecule has 0 bridgehead atoms. The Morgan fingerprint density at radius 1 is 1.40 bits per heavy atom. The Morgan fingerprint density at radius 2 is 2.20 bits per heavy atom. The molecule has 1 atom stereocenters. The predicted molar refractivity (Wildman–Crippen MR) is 93.6 cm³/mol. The smallest absolute Gasteiger partial charge is 0.407 e. The number of nitrogens with one attached hydrogen (secondary N) is 1. The number of amides is 2. The van der Waals surface area contributed by atoms with Gasteiger partial charge >= 0.3 is 6.09 Å². The predicted octanol–water partition coefficient (Wildman–Crippen LogP) is 2.91. The second kappa shape index (κ2) is 7.33. The topological polar surface area (TPSA) is 87.5 Å². The molecule has 3 rings (SSSR count). The van der Waals surface area contributed by atoms with Crippen LogP contribution in [0.25, 0.3) is 5.82 Å². The van der Waals surface area contributed by atoms with E-state index < -0.39 is 6.09 Å². The maximum Gasteiger partial charge on any atom is 0.407 e. The Balaban J connectivity index is 1.68. The summed E-state index contributed by atoms with van der Waals surface area (Å²) in [7, 11) is 0. The van der Waals surface area contributed by atoms with Crippen LogP contribution in [0.2, 0.25) is 10.0 Å². The summed E-state index contributed by atoms with van der Waals surface area (Å²) in [6.45, 7) is 1.34. The maximum atomic E-state index is 12.5. The quantitative estimate of drug-likeness (QED) is 0.850. The standard InChI is InChI=1S/C16H16Cl2N4O3/c17-11-6-12(18)14(19-8-11)22-4-1-2-13(22)15(23)20-7-10-3-5-21(9-10)16(24)25/h1-2,4,6,8,10H,3,5,7,9H2,(H,20,23)(H,24,25). The third-order valence-corrected chi connectivity index (χ3v) is 4.59. The number of pyridine rings is 1. The first-order valence-electron chi connectivity index (χ1n) is 7.70. The van der Waals surface area contributed by atoms with Gasteiger partial charge < -0.3 is 15.3 Å². The van der Waals surface area contributed by atoms with Crippen LogP contribution >= 0.6 is 23.2 Å². The minimum absolute atomic E-state index is 0.112. The molecule has 2 aromatic heterocycles. The molecule has 25 heavy (non-hydrogen) atoms. The zero-order chi connectivity index (χ0) is 18.0. The zero-order valence-corrected chi connectivity index (χ0v) is 14.7. The van der Waals surface area contributed by atoms with Crippen LogP contribution in [0.4, 0.5) is 4.79 Å². The van der Waals surface area contributed by atoms with E-state index in [1.165, 1.54) is 11.1 Å². The number of halogens is 2. The highest BCUT2D eigenvalue weighted by Crippen LogP contribution is 2.23. The van der Waals surface area contributed by atoms with Gasteiger partial charge in [-0.25, -0.2) is 9.78 Å². The van der Waals surface area contributed by atoms with E-state index in [0.717, 1.165) is 6.42 Å². The first-order chi connectivity index (χ1) is 12.0. The first kappa shape index (κ1) is 17.6. The summed E-state index contributed by atoms with van der Waals surface area (Å²) in [4.78, 5) is 29.0. The second-order valence-electron chi connectivity index (χ2n) is 5.82. The number of nitrogens with zero attached hydrogens (tertiary/aromatic N) is 3. The number of hydrogen-bond acceptors (Lipinski definition) is 3. The molecule has 2 N–H and O–H groups in total. The fraction of sp³-hybridized carbons (Fsp3) is 0.312. The van der Waals surface area contributed by atoms with E-state index >= 15 is 0 Å². The van der Waals surface area contributed by atoms with Crippen molar-refractivity contribution >= 4 is 35.2 Å². The largest absolute Gasteiger partial charge is 0.465 e. The molecule has 1 fully saturated rings. The summed E-state index contributed by atoms with van der Waals surface area (Å²) < 4.78 is 1.59. The fourth-order valence-electron chi connectivity index (χ4n) is 2.84. The molecule has 0 aliphatic carbocycles. The molecule has 1 unspecified atom stereocenters. The molecule has 0 aromatic carbocycles. The average molecular weight is 383 g/mol. The molecule has 1 saturated heterocycles. The molecule has 0 saturated carbocycles. The van der Waals surface area contributed by atoms with Gasteiger partial charge in [0, 0.05) is 32.0 Å². The van der Waals surface area contributed by atoms with Crippen molar-refractivity contribution in [1.29, 1.82) is 0 Å². The number of likely N-dealkylation sites (tertiary alicyclic amines) is 1. The third kappa shape index (κ3) is 3.88. The van der Waals surface area contributed by atoms with E-state index in [9.17, 15) is 9.59 Å². The lowest BCUT2D eigenvalue weighted by Crippen LogP contribution is -2.33. The van der Waals surface area contributed by atoms with Crippen molar-refractivity contribution in [2.75, 3.05) is 19.6 Å². The van der Waals surface area contributed by atoms with Crippen molar-refractivity contribution in [1.82, 2.24) is 19.8 Å². The van der Waals surface area contributed by atoms with Crippen molar-refractivity contribution in [3.8, 4) is 5.82 Å². The van der Waals surface area contributed by atoms with Crippen LogP contribution in [0.1, 0.15) is 16.9 Å². The second-order valence-corrected chi connectivity index (χ2v) is 6.66. The van der Waals surface area contributed by atoms with Crippen LogP contribution in [0.15, 0.2) is 30.6 Å². The number of rotatable bonds is 4. The van der Waals surface area contributed by atoms with E-state index in [-0.39, 0.29) is 11.8 Å². The van der Waals surface area contributed by atoms with E-state index in [4.69, 9.17) is 28.3 Å². The number of carbonyl (C=O) groups is 2. The van der Waals surface area contributed by atoms with Gasteiger partial charge in [0.05, 0.1) is 10.0 Å². The van der Waals surface area contributed by atoms with Crippen molar-refractivity contribution in [2.45, 2.75) is 6.42 Å². The van der Waals surface area contributed by atoms with Crippen molar-refractivity contribution in [3.63, 3.8) is 0 Å². The van der Waals surface area contributed by atoms with Crippen LogP contribution in [-0.4, -0.2) is 51.2 Å². The van der Waals surface area contributed by atoms with E-state index in [1.807, 2.05) is 0 Å². The molecule has 3 heterocycles. The van der Waals surface area contributed by atoms with Gasteiger partial charge in [-0.2, -0.15) is 0 Å². The lowest BCUT2D eigenvalue weighted by Gasteiger charge is -2.14. The van der Waals surface area contributed by atoms with Gasteiger partial charge in [0.1, 0.15) is 5.69 Å². The van der Waals surface area contributed by atoms with E-state index in [0.29, 0.717) is 41.2 Å². The number of hydrogen-bond donors (Lipinski definition) is 2. The highest BCUT2D eigenvalue weighted by molar-refractivity contribution is 6.35. The van der Waals surface area contributed by atoms with Gasteiger partial charge in [0.25, 0.3) is 5.91 Å². The van der Waals surface area contributed by atoms with Gasteiger partial charge in [0.15, 0.2) is 5.82 Å². The number of aromatic nitrogens is 2. The van der Waals surface area contributed by atoms with Gasteiger partial charge in [0.2, 0.25) is 0 Å². The molecular weight excluding hydrogens is 367 g/mol. The molecule has 2 aromatic rings. The third-order valence-electron chi connectivity index (χ3n) is 4.11. The molecule has 2 amide bonds. The van der Waals surface area contributed by atoms with Gasteiger partial charge in [-0.05, 0) is 30.5 Å². The molecule has 0 radical (unpaired) electrons. The van der Waals surface area contributed by atoms with Crippen molar-refractivity contribution in [2.24, 2.45) is 5.92 Å². The van der Waals surface area contributed by atoms with Crippen LogP contribution < -0.4 is 5.32 Å². The minimum Gasteiger partial charge on any atom is -0.465 e. The summed E-state index contributed by atoms with van der Waals surface area (Å²) in [6, 6.07) is 4.95. The first-order valence-corrected chi connectivity index (χ1v) is 8.46. The Morgan fingerprint density at radius 3 is 2.88 bits per heavy atom. The SMILES string of the molecule is O=C(NCC1CCN(C(=O)O)C1)c1cccn1-c1ncc(Cl)cc1Cl. The van der Waals surface area contributed by atoms with E-state index in [1.54, 1.807) is 29.0 Å². The number of carbonyl (C=O) groups excluding carboxylic acids is 1. The summed E-state index contributed by atoms with van der Waals surface area (Å²) in [5.74, 6) is 0.256. The van der Waals surface area contributed by atoms with Crippen LogP contribution in [0.5, 0.6) is 0 Å². The lowest BCUT2D eigenvalue weighted by molar-refractivity contribution is 0.0940. The lowest BCUT2D eigenvalue weighted by atomic mass is 10.1. The van der Waals surface area contributed by atoms with Gasteiger partial charge in [-0.3, -0.25) is 9.36 Å². The van der Waals surface area contributed by atoms with E-state index in [2.05, 4.69) is 10.3 Å². The van der Waals surface area contributed by atoms with Crippen molar-refractivity contribution in [3.05, 3.63) is 46.3 Å². The molecule has 9 heteroatoms. The van der Waals surface area contributed by atoms with Crippen LogP contribution in [0.3, 0.4) is 0 Å². The van der Waals surface area contributed by atoms with Crippen LogP contribution in [0, 0.1) is 5.92 Å². The normalized spacial score (nSPS) is 16.9. The highest BCUT2D eigenvalue weighted by Gasteiger charge is 2.26. The van der Waals surface area contributed by atoms with Gasteiger partial charge in [-0.15, -0.1) is 0 Å². The van der Waals surface area contributed by atoms with Crippen molar-refractivity contribution < 1.29 is 14.7 Å². The zero-order valence-electron chi connectivity index (χ0n) is 13.2. The monoisotopic (exact) mass is 382 g/mol. The Labute approximate surface area is 154 Å². The molecular formula is C16H16Cl2N4O3. The molecule has 132 valence electrons. The Bertz CT molecular complexity index is 808. The van der Waals surface area contributed by atoms with Gasteiger partial charge in [-0.1, -0.05) is 23.2 Å². The average Bonchev–Trinajstić information content (AvgIpc) is 3.22. The molecule has 1 aliphatic heterocycles. The summed E-state index contributed by atoms with van der Waals surface area (Å²) in [5, 5.41) is 12.6. The highest BCUT2D eigenvalue weighted by atomic mass is 35.5. The molecule has 0 spiro atoms. The fourth-order valence-corrected chi connectivity index (χ4v) is 3.31. The molecule has 7 nitrogen and oxygen atoms in total.